The average Bonchev–Trinajstić information content (AvgIpc) is 3.06. The van der Waals surface area contributed by atoms with E-state index in [9.17, 15) is 4.79 Å². The van der Waals surface area contributed by atoms with Gasteiger partial charge in [0, 0.05) is 23.1 Å². The quantitative estimate of drug-likeness (QED) is 0.489. The van der Waals surface area contributed by atoms with E-state index in [0.717, 1.165) is 48.4 Å². The molecular formula is C25H24N4O. The first-order valence-electron chi connectivity index (χ1n) is 10.3. The van der Waals surface area contributed by atoms with E-state index in [1.807, 2.05) is 29.7 Å². The Morgan fingerprint density at radius 1 is 1.13 bits per heavy atom. The first kappa shape index (κ1) is 19.9. The van der Waals surface area contributed by atoms with E-state index in [4.69, 9.17) is 5.26 Å². The lowest BCUT2D eigenvalue weighted by atomic mass is 10.1. The van der Waals surface area contributed by atoms with Gasteiger partial charge in [-0.1, -0.05) is 12.3 Å². The molecule has 0 bridgehead atoms. The molecule has 0 saturated carbocycles. The third-order valence-electron chi connectivity index (χ3n) is 5.66. The van der Waals surface area contributed by atoms with Crippen molar-refractivity contribution in [2.24, 2.45) is 0 Å². The second kappa shape index (κ2) is 8.53. The molecule has 0 aliphatic carbocycles. The third-order valence-corrected chi connectivity index (χ3v) is 5.66. The molecule has 0 unspecified atom stereocenters. The predicted molar refractivity (Wildman–Crippen MR) is 118 cm³/mol. The van der Waals surface area contributed by atoms with Crippen LogP contribution in [-0.2, 0) is 0 Å². The number of benzene rings is 1. The lowest BCUT2D eigenvalue weighted by Crippen LogP contribution is -2.34. The van der Waals surface area contributed by atoms with Gasteiger partial charge >= 0.3 is 0 Å². The fourth-order valence-electron chi connectivity index (χ4n) is 4.24. The highest BCUT2D eigenvalue weighted by Crippen LogP contribution is 2.29. The highest BCUT2D eigenvalue weighted by atomic mass is 16.1. The Kier molecular flexibility index (Phi) is 5.65. The topological polar surface area (TPSA) is 61.9 Å². The zero-order valence-electron chi connectivity index (χ0n) is 17.4. The molecule has 3 heterocycles. The number of carbonyl (C=O) groups is 1. The fraction of sp³-hybridized carbons (Fsp3) is 0.320. The minimum Gasteiger partial charge on any atom is -0.311 e. The van der Waals surface area contributed by atoms with Crippen LogP contribution in [0.25, 0.3) is 16.7 Å². The summed E-state index contributed by atoms with van der Waals surface area (Å²) >= 11 is 0. The number of nitrogens with zero attached hydrogens (tertiary/aromatic N) is 4. The molecule has 0 spiro atoms. The second-order valence-electron chi connectivity index (χ2n) is 7.68. The molecule has 3 aromatic rings. The van der Waals surface area contributed by atoms with Crippen LogP contribution >= 0.6 is 0 Å². The standard InChI is InChI=1S/C25H24N4O/c1-3-7-20-14-22-25(27-16-20)24(23(30)17-28-12-5-4-6-13-28)18(2)29(22)21-10-8-19(15-26)9-11-21/h8-11,14,16H,4-6,12-13,17H2,1-2H3. The number of hydrogen-bond acceptors (Lipinski definition) is 4. The summed E-state index contributed by atoms with van der Waals surface area (Å²) in [4.78, 5) is 20.2. The largest absolute Gasteiger partial charge is 0.311 e. The summed E-state index contributed by atoms with van der Waals surface area (Å²) in [5.74, 6) is 6.08. The Hall–Kier alpha value is -3.41. The number of aromatic nitrogens is 2. The molecular weight excluding hydrogens is 372 g/mol. The van der Waals surface area contributed by atoms with Gasteiger partial charge in [0.25, 0.3) is 0 Å². The van der Waals surface area contributed by atoms with Gasteiger partial charge in [0.2, 0.25) is 0 Å². The Morgan fingerprint density at radius 2 is 1.87 bits per heavy atom. The van der Waals surface area contributed by atoms with E-state index in [2.05, 4.69) is 27.8 Å². The molecule has 5 nitrogen and oxygen atoms in total. The van der Waals surface area contributed by atoms with Gasteiger partial charge in [-0.25, -0.2) is 0 Å². The van der Waals surface area contributed by atoms with Crippen LogP contribution in [0.3, 0.4) is 0 Å². The van der Waals surface area contributed by atoms with Gasteiger partial charge in [-0.2, -0.15) is 5.26 Å². The molecule has 150 valence electrons. The third kappa shape index (κ3) is 3.73. The van der Waals surface area contributed by atoms with Crippen LogP contribution in [0.4, 0.5) is 0 Å². The normalized spacial score (nSPS) is 14.2. The molecule has 2 aromatic heterocycles. The van der Waals surface area contributed by atoms with Crippen molar-refractivity contribution in [1.29, 1.82) is 5.26 Å². The number of nitriles is 1. The maximum atomic E-state index is 13.3. The number of piperidine rings is 1. The summed E-state index contributed by atoms with van der Waals surface area (Å²) in [6.07, 6.45) is 5.27. The van der Waals surface area contributed by atoms with Gasteiger partial charge < -0.3 is 4.57 Å². The van der Waals surface area contributed by atoms with Gasteiger partial charge in [-0.05, 0) is 70.1 Å². The summed E-state index contributed by atoms with van der Waals surface area (Å²) in [6.45, 7) is 6.13. The molecule has 0 N–H and O–H groups in total. The maximum absolute atomic E-state index is 13.3. The summed E-state index contributed by atoms with van der Waals surface area (Å²) in [5.41, 5.74) is 5.43. The molecule has 30 heavy (non-hydrogen) atoms. The molecule has 5 heteroatoms. The van der Waals surface area contributed by atoms with Crippen LogP contribution in [-0.4, -0.2) is 39.9 Å². The fourth-order valence-corrected chi connectivity index (χ4v) is 4.24. The van der Waals surface area contributed by atoms with E-state index in [1.54, 1.807) is 25.3 Å². The SMILES string of the molecule is CC#Cc1cnc2c(C(=O)CN3CCCCC3)c(C)n(-c3ccc(C#N)cc3)c2c1. The average molecular weight is 396 g/mol. The van der Waals surface area contributed by atoms with Crippen molar-refractivity contribution in [3.63, 3.8) is 0 Å². The van der Waals surface area contributed by atoms with Crippen molar-refractivity contribution in [2.75, 3.05) is 19.6 Å². The van der Waals surface area contributed by atoms with E-state index in [-0.39, 0.29) is 5.78 Å². The molecule has 1 aromatic carbocycles. The molecule has 0 atom stereocenters. The van der Waals surface area contributed by atoms with E-state index in [0.29, 0.717) is 23.2 Å². The first-order chi connectivity index (χ1) is 14.6. The number of ketones is 1. The monoisotopic (exact) mass is 396 g/mol. The highest BCUT2D eigenvalue weighted by molar-refractivity contribution is 6.09. The van der Waals surface area contributed by atoms with E-state index < -0.39 is 0 Å². The van der Waals surface area contributed by atoms with Crippen molar-refractivity contribution in [3.8, 4) is 23.6 Å². The molecule has 4 rings (SSSR count). The predicted octanol–water partition coefficient (Wildman–Crippen LogP) is 4.25. The van der Waals surface area contributed by atoms with Crippen LogP contribution in [0.5, 0.6) is 0 Å². The Bertz CT molecular complexity index is 1200. The molecule has 0 radical (unpaired) electrons. The van der Waals surface area contributed by atoms with Crippen LogP contribution in [0.15, 0.2) is 36.5 Å². The Balaban J connectivity index is 1.85. The number of fused-ring (bicyclic) bond motifs is 1. The van der Waals surface area contributed by atoms with Gasteiger partial charge in [-0.15, -0.1) is 5.92 Å². The molecule has 0 amide bonds. The summed E-state index contributed by atoms with van der Waals surface area (Å²) < 4.78 is 2.05. The molecule has 1 fully saturated rings. The zero-order valence-corrected chi connectivity index (χ0v) is 17.4. The number of Topliss-reactive ketones (excluding diaryl/α,β-unsaturated/α-hetero) is 1. The van der Waals surface area contributed by atoms with Gasteiger partial charge in [-0.3, -0.25) is 14.7 Å². The first-order valence-corrected chi connectivity index (χ1v) is 10.3. The molecule has 1 aliphatic rings. The Labute approximate surface area is 176 Å². The number of pyridine rings is 1. The lowest BCUT2D eigenvalue weighted by molar-refractivity contribution is 0.0916. The summed E-state index contributed by atoms with van der Waals surface area (Å²) in [5, 5.41) is 9.12. The van der Waals surface area contributed by atoms with E-state index in [1.165, 1.54) is 6.42 Å². The zero-order chi connectivity index (χ0) is 21.1. The van der Waals surface area contributed by atoms with Crippen molar-refractivity contribution >= 4 is 16.8 Å². The van der Waals surface area contributed by atoms with Crippen LogP contribution in [0, 0.1) is 30.1 Å². The highest BCUT2D eigenvalue weighted by Gasteiger charge is 2.24. The Morgan fingerprint density at radius 3 is 2.53 bits per heavy atom. The molecule has 1 saturated heterocycles. The minimum absolute atomic E-state index is 0.105. The number of likely N-dealkylation sites (tertiary alicyclic amines) is 1. The summed E-state index contributed by atoms with van der Waals surface area (Å²) in [6, 6.07) is 11.5. The maximum Gasteiger partial charge on any atom is 0.180 e. The number of rotatable bonds is 4. The lowest BCUT2D eigenvalue weighted by Gasteiger charge is -2.25. The van der Waals surface area contributed by atoms with Crippen LogP contribution in [0.2, 0.25) is 0 Å². The second-order valence-corrected chi connectivity index (χ2v) is 7.68. The van der Waals surface area contributed by atoms with Crippen molar-refractivity contribution in [1.82, 2.24) is 14.5 Å². The van der Waals surface area contributed by atoms with Crippen molar-refractivity contribution in [2.45, 2.75) is 33.1 Å². The number of carbonyl (C=O) groups excluding carboxylic acids is 1. The summed E-state index contributed by atoms with van der Waals surface area (Å²) in [7, 11) is 0. The van der Waals surface area contributed by atoms with Gasteiger partial charge in [0.15, 0.2) is 5.78 Å². The van der Waals surface area contributed by atoms with Crippen LogP contribution < -0.4 is 0 Å². The van der Waals surface area contributed by atoms with E-state index >= 15 is 0 Å². The minimum atomic E-state index is 0.105. The van der Waals surface area contributed by atoms with Gasteiger partial charge in [0.05, 0.1) is 34.8 Å². The van der Waals surface area contributed by atoms with Crippen molar-refractivity contribution < 1.29 is 4.79 Å². The smallest absolute Gasteiger partial charge is 0.180 e. The molecule has 1 aliphatic heterocycles. The van der Waals surface area contributed by atoms with Crippen LogP contribution in [0.1, 0.15) is 53.4 Å². The van der Waals surface area contributed by atoms with Gasteiger partial charge in [0.1, 0.15) is 0 Å². The van der Waals surface area contributed by atoms with Crippen molar-refractivity contribution in [3.05, 3.63) is 58.9 Å². The number of hydrogen-bond donors (Lipinski definition) is 0.